The van der Waals surface area contributed by atoms with Crippen LogP contribution in [0.1, 0.15) is 27.3 Å². The molecule has 29 heavy (non-hydrogen) atoms. The zero-order chi connectivity index (χ0) is 20.8. The van der Waals surface area contributed by atoms with Crippen LogP contribution < -0.4 is 5.32 Å². The van der Waals surface area contributed by atoms with Crippen LogP contribution in [0, 0.1) is 13.8 Å². The lowest BCUT2D eigenvalue weighted by Crippen LogP contribution is -2.14. The average Bonchev–Trinajstić information content (AvgIpc) is 3.24. The molecule has 0 saturated carbocycles. The molecule has 2 N–H and O–H groups in total. The van der Waals surface area contributed by atoms with E-state index in [2.05, 4.69) is 15.5 Å². The first-order chi connectivity index (χ1) is 13.8. The smallest absolute Gasteiger partial charge is 0.322 e. The van der Waals surface area contributed by atoms with Gasteiger partial charge in [-0.3, -0.25) is 9.89 Å². The standard InChI is InChI=1S/C21H17F3N4O/c1-12-9-16(20(29)26-15-7-8-18-14(10-15)11-25-27-18)13(2)28(12)19-6-4-3-5-17(19)21(22,23)24/h3-11H,1-2H3,(H,25,27)(H,26,29). The molecule has 0 fully saturated rings. The highest BCUT2D eigenvalue weighted by Crippen LogP contribution is 2.35. The normalized spacial score (nSPS) is 11.8. The minimum Gasteiger partial charge on any atom is -0.322 e. The number of H-pyrrole nitrogens is 1. The molecule has 8 heteroatoms. The number of anilines is 1. The summed E-state index contributed by atoms with van der Waals surface area (Å²) in [5, 5.41) is 10.4. The number of carbonyl (C=O) groups excluding carboxylic acids is 1. The highest BCUT2D eigenvalue weighted by molar-refractivity contribution is 6.06. The number of aryl methyl sites for hydroxylation is 1. The van der Waals surface area contributed by atoms with Crippen molar-refractivity contribution >= 4 is 22.5 Å². The van der Waals surface area contributed by atoms with Crippen LogP contribution in [0.5, 0.6) is 0 Å². The van der Waals surface area contributed by atoms with Gasteiger partial charge in [-0.25, -0.2) is 0 Å². The van der Waals surface area contributed by atoms with Crippen LogP contribution in [0.15, 0.2) is 54.7 Å². The highest BCUT2D eigenvalue weighted by atomic mass is 19.4. The zero-order valence-electron chi connectivity index (χ0n) is 15.6. The number of halogens is 3. The Labute approximate surface area is 164 Å². The van der Waals surface area contributed by atoms with Crippen LogP contribution in [0.2, 0.25) is 0 Å². The summed E-state index contributed by atoms with van der Waals surface area (Å²) in [5.74, 6) is -0.392. The van der Waals surface area contributed by atoms with Crippen molar-refractivity contribution in [3.63, 3.8) is 0 Å². The van der Waals surface area contributed by atoms with Crippen molar-refractivity contribution in [2.24, 2.45) is 0 Å². The van der Waals surface area contributed by atoms with E-state index in [1.807, 2.05) is 0 Å². The second-order valence-corrected chi connectivity index (χ2v) is 6.76. The number of para-hydroxylation sites is 1. The lowest BCUT2D eigenvalue weighted by molar-refractivity contribution is -0.137. The molecule has 0 bridgehead atoms. The number of hydrogen-bond acceptors (Lipinski definition) is 2. The molecule has 0 aliphatic carbocycles. The van der Waals surface area contributed by atoms with Gasteiger partial charge in [-0.05, 0) is 50.2 Å². The van der Waals surface area contributed by atoms with E-state index in [0.29, 0.717) is 22.6 Å². The van der Waals surface area contributed by atoms with Gasteiger partial charge in [0.2, 0.25) is 0 Å². The number of amides is 1. The van der Waals surface area contributed by atoms with Crippen LogP contribution in [-0.4, -0.2) is 20.7 Å². The lowest BCUT2D eigenvalue weighted by atomic mass is 10.1. The summed E-state index contributed by atoms with van der Waals surface area (Å²) in [7, 11) is 0. The summed E-state index contributed by atoms with van der Waals surface area (Å²) in [6, 6.07) is 12.2. The molecule has 1 amide bonds. The number of hydrogen-bond donors (Lipinski definition) is 2. The lowest BCUT2D eigenvalue weighted by Gasteiger charge is -2.16. The van der Waals surface area contributed by atoms with Crippen molar-refractivity contribution in [1.82, 2.24) is 14.8 Å². The predicted molar refractivity (Wildman–Crippen MR) is 104 cm³/mol. The number of fused-ring (bicyclic) bond motifs is 1. The molecule has 0 unspecified atom stereocenters. The van der Waals surface area contributed by atoms with Crippen molar-refractivity contribution in [3.05, 3.63) is 77.2 Å². The van der Waals surface area contributed by atoms with Gasteiger partial charge in [0.25, 0.3) is 5.91 Å². The number of nitrogens with one attached hydrogen (secondary N) is 2. The third-order valence-electron chi connectivity index (χ3n) is 4.82. The van der Waals surface area contributed by atoms with Gasteiger partial charge in [0.15, 0.2) is 0 Å². The van der Waals surface area contributed by atoms with E-state index in [4.69, 9.17) is 0 Å². The maximum Gasteiger partial charge on any atom is 0.418 e. The first-order valence-electron chi connectivity index (χ1n) is 8.86. The van der Waals surface area contributed by atoms with Gasteiger partial charge in [0.1, 0.15) is 0 Å². The van der Waals surface area contributed by atoms with Crippen LogP contribution in [0.4, 0.5) is 18.9 Å². The molecule has 0 aliphatic rings. The van der Waals surface area contributed by atoms with Crippen LogP contribution >= 0.6 is 0 Å². The van der Waals surface area contributed by atoms with Crippen molar-refractivity contribution in [3.8, 4) is 5.69 Å². The van der Waals surface area contributed by atoms with Gasteiger partial charge in [0.05, 0.1) is 28.5 Å². The van der Waals surface area contributed by atoms with Crippen LogP contribution in [0.3, 0.4) is 0 Å². The Bertz CT molecular complexity index is 1220. The Kier molecular flexibility index (Phi) is 4.41. The Morgan fingerprint density at radius 3 is 2.62 bits per heavy atom. The summed E-state index contributed by atoms with van der Waals surface area (Å²) in [6.07, 6.45) is -2.85. The van der Waals surface area contributed by atoms with Gasteiger partial charge in [-0.1, -0.05) is 12.1 Å². The number of rotatable bonds is 3. The number of nitrogens with zero attached hydrogens (tertiary/aromatic N) is 2. The number of carbonyl (C=O) groups is 1. The second-order valence-electron chi connectivity index (χ2n) is 6.76. The van der Waals surface area contributed by atoms with Gasteiger partial charge in [-0.2, -0.15) is 18.3 Å². The predicted octanol–water partition coefficient (Wildman–Crippen LogP) is 5.24. The molecule has 5 nitrogen and oxygen atoms in total. The van der Waals surface area contributed by atoms with Crippen molar-refractivity contribution in [1.29, 1.82) is 0 Å². The molecule has 2 aromatic heterocycles. The van der Waals surface area contributed by atoms with Crippen molar-refractivity contribution in [2.75, 3.05) is 5.32 Å². The Hall–Kier alpha value is -3.55. The molecule has 4 rings (SSSR count). The minimum absolute atomic E-state index is 0.00568. The van der Waals surface area contributed by atoms with Crippen molar-refractivity contribution in [2.45, 2.75) is 20.0 Å². The first kappa shape index (κ1) is 18.8. The molecular formula is C21H17F3N4O. The monoisotopic (exact) mass is 398 g/mol. The van der Waals surface area contributed by atoms with E-state index in [0.717, 1.165) is 17.0 Å². The summed E-state index contributed by atoms with van der Waals surface area (Å²) >= 11 is 0. The maximum absolute atomic E-state index is 13.5. The third kappa shape index (κ3) is 3.37. The molecule has 4 aromatic rings. The number of aromatic amines is 1. The van der Waals surface area contributed by atoms with E-state index in [1.54, 1.807) is 50.4 Å². The fourth-order valence-corrected chi connectivity index (χ4v) is 3.49. The number of benzene rings is 2. The first-order valence-corrected chi connectivity index (χ1v) is 8.86. The van der Waals surface area contributed by atoms with E-state index >= 15 is 0 Å². The SMILES string of the molecule is Cc1cc(C(=O)Nc2ccc3[nH]ncc3c2)c(C)n1-c1ccccc1C(F)(F)F. The Balaban J connectivity index is 1.71. The van der Waals surface area contributed by atoms with Crippen LogP contribution in [-0.2, 0) is 6.18 Å². The molecule has 0 spiro atoms. The van der Waals surface area contributed by atoms with Crippen molar-refractivity contribution < 1.29 is 18.0 Å². The van der Waals surface area contributed by atoms with E-state index < -0.39 is 17.6 Å². The fourth-order valence-electron chi connectivity index (χ4n) is 3.49. The molecule has 0 radical (unpaired) electrons. The summed E-state index contributed by atoms with van der Waals surface area (Å²) < 4.78 is 41.8. The minimum atomic E-state index is -4.50. The average molecular weight is 398 g/mol. The van der Waals surface area contributed by atoms with Gasteiger partial charge >= 0.3 is 6.18 Å². The molecule has 0 saturated heterocycles. The van der Waals surface area contributed by atoms with E-state index in [-0.39, 0.29) is 5.69 Å². The quantitative estimate of drug-likeness (QED) is 0.496. The Morgan fingerprint density at radius 2 is 1.86 bits per heavy atom. The largest absolute Gasteiger partial charge is 0.418 e. The molecule has 0 aliphatic heterocycles. The van der Waals surface area contributed by atoms with E-state index in [9.17, 15) is 18.0 Å². The summed E-state index contributed by atoms with van der Waals surface area (Å²) in [5.41, 5.74) is 1.94. The zero-order valence-corrected chi connectivity index (χ0v) is 15.6. The van der Waals surface area contributed by atoms with E-state index in [1.165, 1.54) is 16.7 Å². The maximum atomic E-state index is 13.5. The van der Waals surface area contributed by atoms with Gasteiger partial charge < -0.3 is 9.88 Å². The second kappa shape index (κ2) is 6.80. The molecule has 148 valence electrons. The Morgan fingerprint density at radius 1 is 1.10 bits per heavy atom. The third-order valence-corrected chi connectivity index (χ3v) is 4.82. The fraction of sp³-hybridized carbons (Fsp3) is 0.143. The molecular weight excluding hydrogens is 381 g/mol. The molecule has 2 aromatic carbocycles. The summed E-state index contributed by atoms with van der Waals surface area (Å²) in [4.78, 5) is 12.8. The van der Waals surface area contributed by atoms with Gasteiger partial charge in [0, 0.05) is 22.5 Å². The summed E-state index contributed by atoms with van der Waals surface area (Å²) in [6.45, 7) is 3.31. The highest BCUT2D eigenvalue weighted by Gasteiger charge is 2.34. The van der Waals surface area contributed by atoms with Gasteiger partial charge in [-0.15, -0.1) is 0 Å². The number of aromatic nitrogens is 3. The topological polar surface area (TPSA) is 62.7 Å². The number of alkyl halides is 3. The molecule has 0 atom stereocenters. The molecule has 2 heterocycles. The van der Waals surface area contributed by atoms with Crippen LogP contribution in [0.25, 0.3) is 16.6 Å².